The second-order valence-electron chi connectivity index (χ2n) is 14.2. The fourth-order valence-corrected chi connectivity index (χ4v) is 7.33. The van der Waals surface area contributed by atoms with Crippen LogP contribution in [-0.4, -0.2) is 12.4 Å². The monoisotopic (exact) mass is 694 g/mol. The zero-order valence-electron chi connectivity index (χ0n) is 31.1. The molecule has 0 aliphatic carbocycles. The van der Waals surface area contributed by atoms with Crippen LogP contribution in [0.1, 0.15) is 43.0 Å². The van der Waals surface area contributed by atoms with Gasteiger partial charge in [-0.15, -0.1) is 0 Å². The van der Waals surface area contributed by atoms with Crippen LogP contribution in [0, 0.1) is 0 Å². The van der Waals surface area contributed by atoms with E-state index in [4.69, 9.17) is 4.99 Å². The molecule has 260 valence electrons. The average molecular weight is 695 g/mol. The lowest BCUT2D eigenvalue weighted by Gasteiger charge is -2.15. The first-order chi connectivity index (χ1) is 26.4. The Labute approximate surface area is 318 Å². The summed E-state index contributed by atoms with van der Waals surface area (Å²) in [6.45, 7) is 10.8. The standard InChI is InChI=1S/C52H42N2/c1-35(2)21-22-36(3)42-19-12-20-43(29-42)46-27-37(34-54-50(39-15-9-6-10-16-39)33-49(53-4)38-13-7-5-8-14-38)28-47(32-46)48-30-44-25-23-40-17-11-18-41-24-26-45(31-48)52(44)51(40)41/h5-33H,4,34H2,1-3H3/b36-22+,49-33-,54-50?. The van der Waals surface area contributed by atoms with Gasteiger partial charge in [-0.25, -0.2) is 0 Å². The van der Waals surface area contributed by atoms with E-state index in [-0.39, 0.29) is 0 Å². The molecular weight excluding hydrogens is 653 g/mol. The van der Waals surface area contributed by atoms with E-state index in [0.717, 1.165) is 33.7 Å². The third-order valence-corrected chi connectivity index (χ3v) is 10.1. The quantitative estimate of drug-likeness (QED) is 0.0773. The number of hydrogen-bond donors (Lipinski definition) is 0. The van der Waals surface area contributed by atoms with E-state index in [1.54, 1.807) is 0 Å². The molecule has 0 amide bonds. The second kappa shape index (κ2) is 15.1. The van der Waals surface area contributed by atoms with Gasteiger partial charge in [-0.3, -0.25) is 9.98 Å². The van der Waals surface area contributed by atoms with Crippen LogP contribution in [0.5, 0.6) is 0 Å². The van der Waals surface area contributed by atoms with Crippen molar-refractivity contribution in [2.45, 2.75) is 27.3 Å². The maximum Gasteiger partial charge on any atom is 0.0716 e. The Morgan fingerprint density at radius 3 is 1.70 bits per heavy atom. The van der Waals surface area contributed by atoms with E-state index >= 15 is 0 Å². The van der Waals surface area contributed by atoms with Crippen molar-refractivity contribution in [3.8, 4) is 22.3 Å². The molecule has 0 heterocycles. The van der Waals surface area contributed by atoms with Crippen molar-refractivity contribution >= 4 is 56.0 Å². The van der Waals surface area contributed by atoms with Crippen molar-refractivity contribution < 1.29 is 0 Å². The summed E-state index contributed by atoms with van der Waals surface area (Å²) in [5.74, 6) is 0. The fourth-order valence-electron chi connectivity index (χ4n) is 7.33. The molecule has 2 heteroatoms. The van der Waals surface area contributed by atoms with Gasteiger partial charge in [0.1, 0.15) is 0 Å². The van der Waals surface area contributed by atoms with Gasteiger partial charge >= 0.3 is 0 Å². The third kappa shape index (κ3) is 7.20. The molecule has 2 nitrogen and oxygen atoms in total. The van der Waals surface area contributed by atoms with E-state index in [1.165, 1.54) is 65.7 Å². The van der Waals surface area contributed by atoms with Crippen molar-refractivity contribution in [2.24, 2.45) is 9.98 Å². The SMILES string of the molecule is C=N/C(=C\C(=NCc1cc(-c2cccc(/C(C)=C/C=C(C)C)c2)cc(-c2cc3ccc4cccc5ccc(c2)c3c45)c1)c1ccccc1)c1ccccc1. The van der Waals surface area contributed by atoms with Gasteiger partial charge in [-0.1, -0.05) is 139 Å². The third-order valence-electron chi connectivity index (χ3n) is 10.1. The molecule has 0 saturated heterocycles. The molecule has 0 aromatic heterocycles. The van der Waals surface area contributed by atoms with Gasteiger partial charge in [0, 0.05) is 5.56 Å². The summed E-state index contributed by atoms with van der Waals surface area (Å²) in [5.41, 5.74) is 13.2. The maximum atomic E-state index is 5.28. The number of hydrogen-bond acceptors (Lipinski definition) is 2. The molecule has 0 atom stereocenters. The molecule has 0 saturated carbocycles. The number of allylic oxidation sites excluding steroid dienone is 5. The average Bonchev–Trinajstić information content (AvgIpc) is 3.22. The van der Waals surface area contributed by atoms with Crippen LogP contribution in [0.4, 0.5) is 0 Å². The Balaban J connectivity index is 1.28. The van der Waals surface area contributed by atoms with Gasteiger partial charge in [-0.05, 0) is 147 Å². The first-order valence-electron chi connectivity index (χ1n) is 18.5. The summed E-state index contributed by atoms with van der Waals surface area (Å²) in [7, 11) is 0. The van der Waals surface area contributed by atoms with E-state index in [2.05, 4.69) is 178 Å². The molecule has 0 fully saturated rings. The lowest BCUT2D eigenvalue weighted by atomic mass is 9.90. The molecular formula is C52H42N2. The predicted molar refractivity (Wildman–Crippen MR) is 235 cm³/mol. The molecule has 54 heavy (non-hydrogen) atoms. The summed E-state index contributed by atoms with van der Waals surface area (Å²) < 4.78 is 0. The topological polar surface area (TPSA) is 24.7 Å². The highest BCUT2D eigenvalue weighted by Gasteiger charge is 2.13. The minimum Gasteiger partial charge on any atom is -0.280 e. The van der Waals surface area contributed by atoms with E-state index < -0.39 is 0 Å². The normalized spacial score (nSPS) is 12.5. The van der Waals surface area contributed by atoms with Crippen LogP contribution in [0.25, 0.3) is 65.8 Å². The highest BCUT2D eigenvalue weighted by Crippen LogP contribution is 2.38. The molecule has 0 N–H and O–H groups in total. The van der Waals surface area contributed by atoms with E-state index in [0.29, 0.717) is 6.54 Å². The Hall–Kier alpha value is -6.64. The number of rotatable bonds is 10. The van der Waals surface area contributed by atoms with Gasteiger partial charge in [-0.2, -0.15) is 0 Å². The van der Waals surface area contributed by atoms with Gasteiger partial charge in [0.15, 0.2) is 0 Å². The summed E-state index contributed by atoms with van der Waals surface area (Å²) in [6.07, 6.45) is 6.43. The van der Waals surface area contributed by atoms with Crippen LogP contribution >= 0.6 is 0 Å². The molecule has 0 unspecified atom stereocenters. The summed E-state index contributed by atoms with van der Waals surface area (Å²) in [6, 6.07) is 56.6. The van der Waals surface area contributed by atoms with Crippen LogP contribution in [-0.2, 0) is 6.54 Å². The summed E-state index contributed by atoms with van der Waals surface area (Å²) in [5, 5.41) is 7.72. The van der Waals surface area contributed by atoms with Gasteiger partial charge in [0.2, 0.25) is 0 Å². The minimum absolute atomic E-state index is 0.494. The van der Waals surface area contributed by atoms with Gasteiger partial charge in [0.25, 0.3) is 0 Å². The van der Waals surface area contributed by atoms with Crippen LogP contribution < -0.4 is 0 Å². The Morgan fingerprint density at radius 2 is 1.06 bits per heavy atom. The van der Waals surface area contributed by atoms with Crippen LogP contribution in [0.2, 0.25) is 0 Å². The van der Waals surface area contributed by atoms with Crippen molar-refractivity contribution in [1.29, 1.82) is 0 Å². The van der Waals surface area contributed by atoms with Gasteiger partial charge in [0.05, 0.1) is 18.0 Å². The van der Waals surface area contributed by atoms with Crippen molar-refractivity contribution in [3.63, 3.8) is 0 Å². The second-order valence-corrected chi connectivity index (χ2v) is 14.2. The summed E-state index contributed by atoms with van der Waals surface area (Å²) in [4.78, 5) is 9.70. The Morgan fingerprint density at radius 1 is 0.500 bits per heavy atom. The van der Waals surface area contributed by atoms with Crippen molar-refractivity contribution in [3.05, 3.63) is 204 Å². The molecule has 0 aliphatic heterocycles. The lowest BCUT2D eigenvalue weighted by molar-refractivity contribution is 1.07. The van der Waals surface area contributed by atoms with Crippen LogP contribution in [0.3, 0.4) is 0 Å². The van der Waals surface area contributed by atoms with Crippen LogP contribution in [0.15, 0.2) is 192 Å². The highest BCUT2D eigenvalue weighted by molar-refractivity contribution is 6.23. The zero-order chi connectivity index (χ0) is 37.0. The number of aliphatic imine (C=N–C) groups is 2. The molecule has 8 aromatic rings. The molecule has 0 spiro atoms. The molecule has 8 rings (SSSR count). The fraction of sp³-hybridized carbons (Fsp3) is 0.0769. The first kappa shape index (κ1) is 34.4. The zero-order valence-corrected chi connectivity index (χ0v) is 31.1. The lowest BCUT2D eigenvalue weighted by Crippen LogP contribution is -2.00. The maximum absolute atomic E-state index is 5.28. The summed E-state index contributed by atoms with van der Waals surface area (Å²) >= 11 is 0. The van der Waals surface area contributed by atoms with Crippen molar-refractivity contribution in [1.82, 2.24) is 0 Å². The van der Waals surface area contributed by atoms with Gasteiger partial charge < -0.3 is 0 Å². The Bertz CT molecular complexity index is 2690. The van der Waals surface area contributed by atoms with E-state index in [1.807, 2.05) is 30.3 Å². The van der Waals surface area contributed by atoms with Crippen molar-refractivity contribution in [2.75, 3.05) is 0 Å². The highest BCUT2D eigenvalue weighted by atomic mass is 14.8. The molecule has 0 aliphatic rings. The molecule has 8 aromatic carbocycles. The first-order valence-corrected chi connectivity index (χ1v) is 18.5. The number of nitrogens with zero attached hydrogens (tertiary/aromatic N) is 2. The molecule has 0 radical (unpaired) electrons. The van der Waals surface area contributed by atoms with E-state index in [9.17, 15) is 0 Å². The minimum atomic E-state index is 0.494. The Kier molecular flexibility index (Phi) is 9.66. The smallest absolute Gasteiger partial charge is 0.0716 e. The molecule has 0 bridgehead atoms. The largest absolute Gasteiger partial charge is 0.280 e. The predicted octanol–water partition coefficient (Wildman–Crippen LogP) is 14.0. The number of benzene rings is 8.